The molecule has 1 aromatic rings. The molecule has 0 amide bonds. The van der Waals surface area contributed by atoms with E-state index in [1.54, 1.807) is 13.2 Å². The number of benzene rings is 1. The molecular weight excluding hydrogens is 222 g/mol. The Hall–Kier alpha value is -2.04. The molecule has 1 aliphatic rings. The number of hydrogen-bond donors (Lipinski definition) is 0. The third kappa shape index (κ3) is 2.38. The van der Waals surface area contributed by atoms with Crippen molar-refractivity contribution in [3.8, 4) is 11.5 Å². The lowest BCUT2D eigenvalue weighted by Gasteiger charge is -2.07. The summed E-state index contributed by atoms with van der Waals surface area (Å²) in [7, 11) is 1.55. The molecule has 5 nitrogen and oxygen atoms in total. The van der Waals surface area contributed by atoms with Gasteiger partial charge in [0, 0.05) is 23.6 Å². The van der Waals surface area contributed by atoms with Crippen molar-refractivity contribution in [3.05, 3.63) is 39.6 Å². The highest BCUT2D eigenvalue weighted by Crippen LogP contribution is 2.35. The minimum absolute atomic E-state index is 0.143. The van der Waals surface area contributed by atoms with Gasteiger partial charge in [0.05, 0.1) is 12.0 Å². The predicted octanol–water partition coefficient (Wildman–Crippen LogP) is 2.27. The molecule has 1 aliphatic heterocycles. The predicted molar refractivity (Wildman–Crippen MR) is 62.8 cm³/mol. The Kier molecular flexibility index (Phi) is 2.99. The zero-order valence-electron chi connectivity index (χ0n) is 9.67. The molecule has 0 radical (unpaired) electrons. The second kappa shape index (κ2) is 4.45. The number of methoxy groups -OCH3 is 1. The lowest BCUT2D eigenvalue weighted by molar-refractivity contribution is -0.400. The highest BCUT2D eigenvalue weighted by atomic mass is 16.6. The molecular formula is C12H13NO4. The van der Waals surface area contributed by atoms with Crippen molar-refractivity contribution in [1.82, 2.24) is 0 Å². The van der Waals surface area contributed by atoms with Crippen molar-refractivity contribution in [3.63, 3.8) is 0 Å². The van der Waals surface area contributed by atoms with E-state index in [9.17, 15) is 10.1 Å². The zero-order valence-corrected chi connectivity index (χ0v) is 9.67. The summed E-state index contributed by atoms with van der Waals surface area (Å²) in [5.74, 6) is 1.40. The molecule has 1 aromatic carbocycles. The first kappa shape index (κ1) is 11.4. The van der Waals surface area contributed by atoms with Gasteiger partial charge >= 0.3 is 0 Å². The van der Waals surface area contributed by atoms with Crippen LogP contribution in [0.1, 0.15) is 18.1 Å². The third-order valence-electron chi connectivity index (χ3n) is 2.62. The van der Waals surface area contributed by atoms with Gasteiger partial charge in [0.2, 0.25) is 6.20 Å². The molecule has 90 valence electrons. The number of ether oxygens (including phenoxy) is 2. The van der Waals surface area contributed by atoms with Gasteiger partial charge in [-0.05, 0) is 19.1 Å². The Bertz CT molecular complexity index is 482. The fraction of sp³-hybridized carbons (Fsp3) is 0.333. The van der Waals surface area contributed by atoms with E-state index in [4.69, 9.17) is 9.47 Å². The van der Waals surface area contributed by atoms with Gasteiger partial charge in [0.1, 0.15) is 17.6 Å². The summed E-state index contributed by atoms with van der Waals surface area (Å²) in [4.78, 5) is 9.80. The summed E-state index contributed by atoms with van der Waals surface area (Å²) >= 11 is 0. The van der Waals surface area contributed by atoms with Crippen LogP contribution in [0.15, 0.2) is 18.3 Å². The second-order valence-corrected chi connectivity index (χ2v) is 3.94. The van der Waals surface area contributed by atoms with Gasteiger partial charge in [-0.15, -0.1) is 0 Å². The Labute approximate surface area is 98.8 Å². The van der Waals surface area contributed by atoms with Crippen molar-refractivity contribution in [2.75, 3.05) is 7.11 Å². The van der Waals surface area contributed by atoms with Gasteiger partial charge in [-0.25, -0.2) is 0 Å². The van der Waals surface area contributed by atoms with E-state index in [2.05, 4.69) is 0 Å². The topological polar surface area (TPSA) is 61.6 Å². The number of hydrogen-bond acceptors (Lipinski definition) is 4. The van der Waals surface area contributed by atoms with E-state index in [1.807, 2.05) is 13.0 Å². The fourth-order valence-corrected chi connectivity index (χ4v) is 1.90. The summed E-state index contributed by atoms with van der Waals surface area (Å²) in [5.41, 5.74) is 1.73. The van der Waals surface area contributed by atoms with Gasteiger partial charge in [-0.2, -0.15) is 0 Å². The van der Waals surface area contributed by atoms with Crippen LogP contribution >= 0.6 is 0 Å². The normalized spacial score (nSPS) is 17.9. The molecule has 1 heterocycles. The Morgan fingerprint density at radius 2 is 2.35 bits per heavy atom. The molecule has 2 rings (SSSR count). The SMILES string of the molecule is COc1cc2c(cc1/C=C/[N+](=O)[O-])O[C@@H](C)C2. The summed E-state index contributed by atoms with van der Waals surface area (Å²) in [6.07, 6.45) is 3.28. The lowest BCUT2D eigenvalue weighted by atomic mass is 10.1. The maximum Gasteiger partial charge on any atom is 0.235 e. The van der Waals surface area contributed by atoms with Crippen LogP contribution in [0.25, 0.3) is 6.08 Å². The first-order chi connectivity index (χ1) is 8.10. The Balaban J connectivity index is 2.39. The third-order valence-corrected chi connectivity index (χ3v) is 2.62. The molecule has 0 aromatic heterocycles. The first-order valence-corrected chi connectivity index (χ1v) is 5.29. The second-order valence-electron chi connectivity index (χ2n) is 3.94. The van der Waals surface area contributed by atoms with E-state index in [0.717, 1.165) is 23.9 Å². The van der Waals surface area contributed by atoms with E-state index >= 15 is 0 Å². The van der Waals surface area contributed by atoms with Crippen LogP contribution in [0.5, 0.6) is 11.5 Å². The monoisotopic (exact) mass is 235 g/mol. The van der Waals surface area contributed by atoms with E-state index < -0.39 is 4.92 Å². The number of nitro groups is 1. The van der Waals surface area contributed by atoms with Gasteiger partial charge < -0.3 is 9.47 Å². The standard InChI is InChI=1S/C12H13NO4/c1-8-5-10-7-11(16-2)9(3-4-13(14)15)6-12(10)17-8/h3-4,6-8H,5H2,1-2H3/b4-3+/t8-/m0/s1. The number of fused-ring (bicyclic) bond motifs is 1. The van der Waals surface area contributed by atoms with E-state index in [-0.39, 0.29) is 6.10 Å². The lowest BCUT2D eigenvalue weighted by Crippen LogP contribution is -2.05. The minimum Gasteiger partial charge on any atom is -0.496 e. The summed E-state index contributed by atoms with van der Waals surface area (Å²) < 4.78 is 10.8. The molecule has 0 spiro atoms. The van der Waals surface area contributed by atoms with Crippen LogP contribution in [0.3, 0.4) is 0 Å². The van der Waals surface area contributed by atoms with Crippen LogP contribution in [0, 0.1) is 10.1 Å². The molecule has 0 saturated heterocycles. The summed E-state index contributed by atoms with van der Waals surface area (Å²) in [5, 5.41) is 10.3. The van der Waals surface area contributed by atoms with E-state index in [0.29, 0.717) is 11.3 Å². The molecule has 1 atom stereocenters. The van der Waals surface area contributed by atoms with Crippen molar-refractivity contribution < 1.29 is 14.4 Å². The minimum atomic E-state index is -0.504. The number of nitrogens with zero attached hydrogens (tertiary/aromatic N) is 1. The van der Waals surface area contributed by atoms with Gasteiger partial charge in [0.25, 0.3) is 0 Å². The molecule has 17 heavy (non-hydrogen) atoms. The van der Waals surface area contributed by atoms with Crippen LogP contribution in [0.2, 0.25) is 0 Å². The van der Waals surface area contributed by atoms with Crippen molar-refractivity contribution >= 4 is 6.08 Å². The molecule has 0 fully saturated rings. The van der Waals surface area contributed by atoms with Crippen LogP contribution in [-0.2, 0) is 6.42 Å². The molecule has 0 bridgehead atoms. The van der Waals surface area contributed by atoms with E-state index in [1.165, 1.54) is 6.08 Å². The zero-order chi connectivity index (χ0) is 12.4. The van der Waals surface area contributed by atoms with Crippen molar-refractivity contribution in [2.45, 2.75) is 19.4 Å². The maximum absolute atomic E-state index is 10.3. The van der Waals surface area contributed by atoms with Crippen LogP contribution in [-0.4, -0.2) is 18.1 Å². The van der Waals surface area contributed by atoms with Crippen molar-refractivity contribution in [1.29, 1.82) is 0 Å². The van der Waals surface area contributed by atoms with Crippen molar-refractivity contribution in [2.24, 2.45) is 0 Å². The maximum atomic E-state index is 10.3. The molecule has 0 saturated carbocycles. The molecule has 0 aliphatic carbocycles. The average Bonchev–Trinajstić information content (AvgIpc) is 2.63. The highest BCUT2D eigenvalue weighted by molar-refractivity contribution is 5.61. The highest BCUT2D eigenvalue weighted by Gasteiger charge is 2.21. The largest absolute Gasteiger partial charge is 0.496 e. The van der Waals surface area contributed by atoms with Gasteiger partial charge in [-0.3, -0.25) is 10.1 Å². The smallest absolute Gasteiger partial charge is 0.235 e. The molecule has 5 heteroatoms. The average molecular weight is 235 g/mol. The Morgan fingerprint density at radius 3 is 3.00 bits per heavy atom. The fourth-order valence-electron chi connectivity index (χ4n) is 1.90. The first-order valence-electron chi connectivity index (χ1n) is 5.29. The number of rotatable bonds is 3. The summed E-state index contributed by atoms with van der Waals surface area (Å²) in [6.45, 7) is 1.99. The summed E-state index contributed by atoms with van der Waals surface area (Å²) in [6, 6.07) is 3.65. The van der Waals surface area contributed by atoms with Crippen LogP contribution < -0.4 is 9.47 Å². The molecule has 0 unspecified atom stereocenters. The Morgan fingerprint density at radius 1 is 1.59 bits per heavy atom. The van der Waals surface area contributed by atoms with Crippen LogP contribution in [0.4, 0.5) is 0 Å². The van der Waals surface area contributed by atoms with Gasteiger partial charge in [-0.1, -0.05) is 0 Å². The molecule has 0 N–H and O–H groups in total. The quantitative estimate of drug-likeness (QED) is 0.595. The van der Waals surface area contributed by atoms with Gasteiger partial charge in [0.15, 0.2) is 0 Å².